The van der Waals surface area contributed by atoms with Crippen molar-refractivity contribution in [3.05, 3.63) is 35.9 Å². The predicted molar refractivity (Wildman–Crippen MR) is 76.7 cm³/mol. The van der Waals surface area contributed by atoms with E-state index < -0.39 is 5.79 Å². The minimum Gasteiger partial charge on any atom is -0.373 e. The molecule has 2 aliphatic heterocycles. The molecule has 2 saturated heterocycles. The molecule has 0 bridgehead atoms. The summed E-state index contributed by atoms with van der Waals surface area (Å²) in [6.07, 6.45) is 1.51. The van der Waals surface area contributed by atoms with Crippen molar-refractivity contribution in [1.29, 1.82) is 0 Å². The van der Waals surface area contributed by atoms with Crippen molar-refractivity contribution in [2.24, 2.45) is 5.92 Å². The quantitative estimate of drug-likeness (QED) is 0.799. The van der Waals surface area contributed by atoms with Gasteiger partial charge in [-0.25, -0.2) is 0 Å². The largest absolute Gasteiger partial charge is 0.373 e. The van der Waals surface area contributed by atoms with Crippen LogP contribution in [0, 0.1) is 5.92 Å². The number of ether oxygens (including phenoxy) is 4. The van der Waals surface area contributed by atoms with Crippen molar-refractivity contribution >= 4 is 0 Å². The molecule has 5 atom stereocenters. The van der Waals surface area contributed by atoms with Gasteiger partial charge in [-0.05, 0) is 25.8 Å². The summed E-state index contributed by atoms with van der Waals surface area (Å²) in [6.45, 7) is 5.43. The summed E-state index contributed by atoms with van der Waals surface area (Å²) in [5, 5.41) is 0. The molecule has 4 nitrogen and oxygen atoms in total. The highest BCUT2D eigenvalue weighted by molar-refractivity contribution is 5.13. The van der Waals surface area contributed by atoms with E-state index in [0.717, 1.165) is 13.0 Å². The molecular formula is C17H22O4. The van der Waals surface area contributed by atoms with Gasteiger partial charge in [0.25, 0.3) is 0 Å². The Morgan fingerprint density at radius 3 is 2.57 bits per heavy atom. The van der Waals surface area contributed by atoms with Crippen molar-refractivity contribution in [3.8, 4) is 0 Å². The number of fused-ring (bicyclic) bond motifs is 1. The Morgan fingerprint density at radius 1 is 1.14 bits per heavy atom. The third-order valence-electron chi connectivity index (χ3n) is 4.60. The fourth-order valence-electron chi connectivity index (χ4n) is 3.58. The van der Waals surface area contributed by atoms with E-state index in [1.54, 1.807) is 0 Å². The summed E-state index contributed by atoms with van der Waals surface area (Å²) in [5.74, 6) is -0.116. The zero-order valence-electron chi connectivity index (χ0n) is 12.5. The van der Waals surface area contributed by atoms with Crippen LogP contribution in [0.4, 0.5) is 0 Å². The molecule has 0 aromatic heterocycles. The highest BCUT2D eigenvalue weighted by Gasteiger charge is 2.58. The number of hydrogen-bond donors (Lipinski definition) is 0. The Kier molecular flexibility index (Phi) is 3.30. The molecule has 1 saturated carbocycles. The van der Waals surface area contributed by atoms with E-state index in [0.29, 0.717) is 18.6 Å². The maximum atomic E-state index is 6.14. The van der Waals surface area contributed by atoms with Gasteiger partial charge in [-0.2, -0.15) is 0 Å². The van der Waals surface area contributed by atoms with Crippen molar-refractivity contribution in [2.75, 3.05) is 6.61 Å². The highest BCUT2D eigenvalue weighted by Crippen LogP contribution is 2.46. The van der Waals surface area contributed by atoms with Crippen LogP contribution in [0.5, 0.6) is 0 Å². The Hall–Kier alpha value is -0.940. The fourth-order valence-corrected chi connectivity index (χ4v) is 3.58. The third kappa shape index (κ3) is 2.73. The van der Waals surface area contributed by atoms with Crippen LogP contribution in [0.2, 0.25) is 0 Å². The molecule has 1 aliphatic carbocycles. The maximum Gasteiger partial charge on any atom is 0.163 e. The lowest BCUT2D eigenvalue weighted by molar-refractivity contribution is -0.172. The van der Waals surface area contributed by atoms with Gasteiger partial charge in [0.1, 0.15) is 6.10 Å². The predicted octanol–water partition coefficient (Wildman–Crippen LogP) is 2.51. The Labute approximate surface area is 125 Å². The molecule has 0 N–H and O–H groups in total. The van der Waals surface area contributed by atoms with E-state index in [4.69, 9.17) is 18.9 Å². The van der Waals surface area contributed by atoms with E-state index in [1.165, 1.54) is 5.56 Å². The summed E-state index contributed by atoms with van der Waals surface area (Å²) < 4.78 is 23.8. The molecule has 4 heteroatoms. The lowest BCUT2D eigenvalue weighted by Gasteiger charge is -2.23. The van der Waals surface area contributed by atoms with Crippen LogP contribution in [-0.4, -0.2) is 36.8 Å². The second-order valence-electron chi connectivity index (χ2n) is 6.67. The Morgan fingerprint density at radius 2 is 1.86 bits per heavy atom. The lowest BCUT2D eigenvalue weighted by atomic mass is 10.0. The number of benzene rings is 1. The summed E-state index contributed by atoms with van der Waals surface area (Å²) in [6, 6.07) is 10.3. The van der Waals surface area contributed by atoms with Gasteiger partial charge < -0.3 is 18.9 Å². The molecule has 3 aliphatic rings. The van der Waals surface area contributed by atoms with Crippen LogP contribution in [0.15, 0.2) is 30.3 Å². The minimum absolute atomic E-state index is 0.0258. The number of rotatable bonds is 4. The Balaban J connectivity index is 1.45. The van der Waals surface area contributed by atoms with E-state index in [1.807, 2.05) is 32.0 Å². The number of hydrogen-bond acceptors (Lipinski definition) is 4. The van der Waals surface area contributed by atoms with Crippen molar-refractivity contribution in [1.82, 2.24) is 0 Å². The standard InChI is InChI=1S/C17H22O4/c1-17(2)20-15-12(14-10-19-14)8-13(16(15)21-17)18-9-11-6-4-3-5-7-11/h3-7,12-16H,8-10H2,1-2H3/t12-,13-,14?,15-,16+/m0/s1. The maximum absolute atomic E-state index is 6.14. The van der Waals surface area contributed by atoms with E-state index in [-0.39, 0.29) is 18.3 Å². The van der Waals surface area contributed by atoms with Crippen molar-refractivity contribution < 1.29 is 18.9 Å². The Bertz CT molecular complexity index is 497. The normalized spacial score (nSPS) is 40.2. The first-order valence-electron chi connectivity index (χ1n) is 7.75. The summed E-state index contributed by atoms with van der Waals surface area (Å²) >= 11 is 0. The van der Waals surface area contributed by atoms with Gasteiger partial charge in [-0.15, -0.1) is 0 Å². The molecule has 1 aromatic carbocycles. The SMILES string of the molecule is CC1(C)O[C@@H]2[C@H](O1)[C@@H](OCc1ccccc1)C[C@H]2C1CO1. The molecule has 0 spiro atoms. The first-order chi connectivity index (χ1) is 10.1. The fraction of sp³-hybridized carbons (Fsp3) is 0.647. The summed E-state index contributed by atoms with van der Waals surface area (Å²) in [7, 11) is 0. The van der Waals surface area contributed by atoms with Gasteiger partial charge in [0.05, 0.1) is 31.5 Å². The molecule has 2 heterocycles. The second kappa shape index (κ2) is 5.06. The van der Waals surface area contributed by atoms with Crippen LogP contribution in [0.3, 0.4) is 0 Å². The zero-order chi connectivity index (χ0) is 14.4. The molecule has 0 radical (unpaired) electrons. The lowest BCUT2D eigenvalue weighted by Crippen LogP contribution is -2.31. The van der Waals surface area contributed by atoms with Crippen molar-refractivity contribution in [3.63, 3.8) is 0 Å². The molecule has 1 aromatic rings. The monoisotopic (exact) mass is 290 g/mol. The molecule has 4 rings (SSSR count). The van der Waals surface area contributed by atoms with Crippen LogP contribution < -0.4 is 0 Å². The van der Waals surface area contributed by atoms with Gasteiger partial charge in [0.15, 0.2) is 5.79 Å². The highest BCUT2D eigenvalue weighted by atomic mass is 16.8. The van der Waals surface area contributed by atoms with Crippen LogP contribution in [0.1, 0.15) is 25.8 Å². The van der Waals surface area contributed by atoms with Gasteiger partial charge >= 0.3 is 0 Å². The summed E-state index contributed by atoms with van der Waals surface area (Å²) in [4.78, 5) is 0. The van der Waals surface area contributed by atoms with Gasteiger partial charge in [0, 0.05) is 5.92 Å². The summed E-state index contributed by atoms with van der Waals surface area (Å²) in [5.41, 5.74) is 1.19. The van der Waals surface area contributed by atoms with E-state index in [9.17, 15) is 0 Å². The van der Waals surface area contributed by atoms with Gasteiger partial charge in [0.2, 0.25) is 0 Å². The molecule has 1 unspecified atom stereocenters. The topological polar surface area (TPSA) is 40.2 Å². The molecular weight excluding hydrogens is 268 g/mol. The molecule has 3 fully saturated rings. The first kappa shape index (κ1) is 13.7. The van der Waals surface area contributed by atoms with E-state index in [2.05, 4.69) is 12.1 Å². The smallest absolute Gasteiger partial charge is 0.163 e. The first-order valence-corrected chi connectivity index (χ1v) is 7.75. The average molecular weight is 290 g/mol. The zero-order valence-corrected chi connectivity index (χ0v) is 12.5. The second-order valence-corrected chi connectivity index (χ2v) is 6.67. The molecule has 0 amide bonds. The average Bonchev–Trinajstić information content (AvgIpc) is 3.18. The van der Waals surface area contributed by atoms with Crippen molar-refractivity contribution in [2.45, 2.75) is 57.1 Å². The van der Waals surface area contributed by atoms with Crippen LogP contribution in [0.25, 0.3) is 0 Å². The number of epoxide rings is 1. The molecule has 114 valence electrons. The van der Waals surface area contributed by atoms with Crippen LogP contribution in [-0.2, 0) is 25.6 Å². The van der Waals surface area contributed by atoms with Gasteiger partial charge in [-0.3, -0.25) is 0 Å². The minimum atomic E-state index is -0.517. The molecule has 21 heavy (non-hydrogen) atoms. The van der Waals surface area contributed by atoms with Crippen LogP contribution >= 0.6 is 0 Å². The third-order valence-corrected chi connectivity index (χ3v) is 4.60. The van der Waals surface area contributed by atoms with E-state index >= 15 is 0 Å². The van der Waals surface area contributed by atoms with Gasteiger partial charge in [-0.1, -0.05) is 30.3 Å².